The number of hydrogen-bond acceptors (Lipinski definition) is 3. The van der Waals surface area contributed by atoms with Crippen LogP contribution in [-0.4, -0.2) is 15.0 Å². The first kappa shape index (κ1) is 35.9. The Kier molecular flexibility index (Phi) is 9.08. The first-order valence-corrected chi connectivity index (χ1v) is 21.2. The molecule has 0 radical (unpaired) electrons. The van der Waals surface area contributed by atoms with Crippen LogP contribution in [0.15, 0.2) is 200 Å². The fourth-order valence-electron chi connectivity index (χ4n) is 9.70. The Balaban J connectivity index is 0.875. The van der Waals surface area contributed by atoms with Crippen LogP contribution in [-0.2, 0) is 5.41 Å². The summed E-state index contributed by atoms with van der Waals surface area (Å²) < 4.78 is 0. The number of aromatic nitrogens is 3. The van der Waals surface area contributed by atoms with Crippen LogP contribution in [0.4, 0.5) is 0 Å². The van der Waals surface area contributed by atoms with Crippen molar-refractivity contribution in [2.24, 2.45) is 0 Å². The second-order valence-electron chi connectivity index (χ2n) is 16.3. The lowest BCUT2D eigenvalue weighted by atomic mass is 9.67. The van der Waals surface area contributed by atoms with Gasteiger partial charge in [0.05, 0.1) is 0 Å². The molecule has 8 aromatic carbocycles. The Bertz CT molecular complexity index is 2980. The lowest BCUT2D eigenvalue weighted by molar-refractivity contribution is 0.353. The van der Waals surface area contributed by atoms with Crippen molar-refractivity contribution in [1.29, 1.82) is 0 Å². The SMILES string of the molecule is c1ccc(-c2cccc(-c3nc(-c4ccccc4)nc(-c4cccc(-c5ccc(-c6ccc(-c7ccc8c(c7)C7(CCCCC7)c7ccccc7-8)cc6)cc5)c4)n3)c2)cc1. The van der Waals surface area contributed by atoms with Crippen molar-refractivity contribution >= 4 is 0 Å². The van der Waals surface area contributed by atoms with Crippen molar-refractivity contribution in [2.45, 2.75) is 37.5 Å². The van der Waals surface area contributed by atoms with Gasteiger partial charge in [-0.25, -0.2) is 15.0 Å². The molecule has 11 rings (SSSR count). The fourth-order valence-corrected chi connectivity index (χ4v) is 9.70. The maximum atomic E-state index is 5.08. The van der Waals surface area contributed by atoms with E-state index in [0.717, 1.165) is 38.9 Å². The van der Waals surface area contributed by atoms with Gasteiger partial charge in [0.15, 0.2) is 17.5 Å². The molecule has 0 aliphatic heterocycles. The van der Waals surface area contributed by atoms with Gasteiger partial charge in [-0.15, -0.1) is 0 Å². The van der Waals surface area contributed by atoms with Crippen LogP contribution in [0, 0.1) is 0 Å². The molecule has 0 bridgehead atoms. The van der Waals surface area contributed by atoms with Crippen molar-refractivity contribution in [2.75, 3.05) is 0 Å². The number of rotatable bonds is 7. The second kappa shape index (κ2) is 15.2. The molecule has 9 aromatic rings. The molecule has 1 saturated carbocycles. The second-order valence-corrected chi connectivity index (χ2v) is 16.3. The van der Waals surface area contributed by atoms with E-state index in [2.05, 4.69) is 164 Å². The monoisotopic (exact) mass is 769 g/mol. The molecule has 1 spiro atoms. The minimum atomic E-state index is 0.163. The van der Waals surface area contributed by atoms with E-state index in [1.165, 1.54) is 71.0 Å². The number of benzene rings is 8. The van der Waals surface area contributed by atoms with Gasteiger partial charge >= 0.3 is 0 Å². The van der Waals surface area contributed by atoms with Gasteiger partial charge in [-0.2, -0.15) is 0 Å². The van der Waals surface area contributed by atoms with Crippen LogP contribution in [0.1, 0.15) is 43.2 Å². The van der Waals surface area contributed by atoms with Crippen molar-refractivity contribution in [3.63, 3.8) is 0 Å². The summed E-state index contributed by atoms with van der Waals surface area (Å²) in [5, 5.41) is 0. The van der Waals surface area contributed by atoms with Crippen molar-refractivity contribution in [3.05, 3.63) is 211 Å². The van der Waals surface area contributed by atoms with Gasteiger partial charge in [0.1, 0.15) is 0 Å². The molecule has 2 aliphatic carbocycles. The largest absolute Gasteiger partial charge is 0.208 e. The molecule has 60 heavy (non-hydrogen) atoms. The van der Waals surface area contributed by atoms with Crippen LogP contribution in [0.5, 0.6) is 0 Å². The van der Waals surface area contributed by atoms with Crippen LogP contribution in [0.25, 0.3) is 89.8 Å². The fraction of sp³-hybridized carbons (Fsp3) is 0.105. The van der Waals surface area contributed by atoms with E-state index in [9.17, 15) is 0 Å². The summed E-state index contributed by atoms with van der Waals surface area (Å²) >= 11 is 0. The van der Waals surface area contributed by atoms with E-state index < -0.39 is 0 Å². The lowest BCUT2D eigenvalue weighted by Gasteiger charge is -2.36. The molecule has 1 heterocycles. The van der Waals surface area contributed by atoms with E-state index in [4.69, 9.17) is 15.0 Å². The first-order chi connectivity index (χ1) is 29.7. The minimum Gasteiger partial charge on any atom is -0.208 e. The lowest BCUT2D eigenvalue weighted by Crippen LogP contribution is -2.28. The highest BCUT2D eigenvalue weighted by atomic mass is 15.0. The highest BCUT2D eigenvalue weighted by Gasteiger charge is 2.43. The van der Waals surface area contributed by atoms with Crippen LogP contribution in [0.3, 0.4) is 0 Å². The summed E-state index contributed by atoms with van der Waals surface area (Å²) in [5.41, 5.74) is 18.4. The number of nitrogens with zero attached hydrogens (tertiary/aromatic N) is 3. The zero-order valence-corrected chi connectivity index (χ0v) is 33.4. The van der Waals surface area contributed by atoms with E-state index in [0.29, 0.717) is 17.5 Å². The van der Waals surface area contributed by atoms with Crippen LogP contribution >= 0.6 is 0 Å². The maximum Gasteiger partial charge on any atom is 0.164 e. The Morgan fingerprint density at radius 2 is 0.650 bits per heavy atom. The maximum absolute atomic E-state index is 5.08. The molecule has 0 atom stereocenters. The molecule has 0 N–H and O–H groups in total. The van der Waals surface area contributed by atoms with Gasteiger partial charge in [-0.1, -0.05) is 201 Å². The molecule has 1 aromatic heterocycles. The summed E-state index contributed by atoms with van der Waals surface area (Å²) in [6.45, 7) is 0. The van der Waals surface area contributed by atoms with Crippen molar-refractivity contribution < 1.29 is 0 Å². The van der Waals surface area contributed by atoms with Crippen molar-refractivity contribution in [1.82, 2.24) is 15.0 Å². The summed E-state index contributed by atoms with van der Waals surface area (Å²) in [7, 11) is 0. The molecule has 3 heteroatoms. The Labute approximate surface area is 352 Å². The van der Waals surface area contributed by atoms with E-state index in [1.54, 1.807) is 5.56 Å². The highest BCUT2D eigenvalue weighted by Crippen LogP contribution is 2.56. The highest BCUT2D eigenvalue weighted by molar-refractivity contribution is 5.85. The summed E-state index contributed by atoms with van der Waals surface area (Å²) in [6, 6.07) is 71.8. The average molecular weight is 770 g/mol. The smallest absolute Gasteiger partial charge is 0.164 e. The molecular formula is C57H43N3. The first-order valence-electron chi connectivity index (χ1n) is 21.2. The molecule has 0 unspecified atom stereocenters. The Morgan fingerprint density at radius 1 is 0.267 bits per heavy atom. The predicted octanol–water partition coefficient (Wildman–Crippen LogP) is 14.8. The third-order valence-corrected chi connectivity index (χ3v) is 12.8. The quantitative estimate of drug-likeness (QED) is 0.162. The topological polar surface area (TPSA) is 38.7 Å². The standard InChI is InChI=1S/C57H43N3/c1-4-14-39(15-5-1)45-18-12-20-48(36-45)55-58-54(44-16-6-2-7-17-44)59-56(60-55)49-21-13-19-46(37-49)42-28-24-40(25-29-42)41-26-30-43(31-27-41)47-32-33-51-50-22-8-9-23-52(50)57(53(51)38-47)34-10-3-11-35-57/h1-2,4-9,12-33,36-38H,3,10-11,34-35H2. The van der Waals surface area contributed by atoms with Crippen LogP contribution in [0.2, 0.25) is 0 Å². The zero-order chi connectivity index (χ0) is 39.9. The normalized spacial score (nSPS) is 13.8. The molecular weight excluding hydrogens is 727 g/mol. The van der Waals surface area contributed by atoms with Gasteiger partial charge in [0.25, 0.3) is 0 Å². The molecule has 2 aliphatic rings. The van der Waals surface area contributed by atoms with E-state index >= 15 is 0 Å². The molecule has 1 fully saturated rings. The van der Waals surface area contributed by atoms with E-state index in [-0.39, 0.29) is 5.41 Å². The Morgan fingerprint density at radius 3 is 1.22 bits per heavy atom. The number of fused-ring (bicyclic) bond motifs is 5. The Hall–Kier alpha value is -7.23. The summed E-state index contributed by atoms with van der Waals surface area (Å²) in [4.78, 5) is 15.1. The molecule has 286 valence electrons. The average Bonchev–Trinajstić information content (AvgIpc) is 3.60. The molecule has 0 amide bonds. The van der Waals surface area contributed by atoms with Gasteiger partial charge in [-0.05, 0) is 97.8 Å². The third kappa shape index (κ3) is 6.53. The predicted molar refractivity (Wildman–Crippen MR) is 247 cm³/mol. The number of hydrogen-bond donors (Lipinski definition) is 0. The van der Waals surface area contributed by atoms with Crippen LogP contribution < -0.4 is 0 Å². The van der Waals surface area contributed by atoms with Gasteiger partial charge in [0, 0.05) is 22.1 Å². The van der Waals surface area contributed by atoms with Gasteiger partial charge in [0.2, 0.25) is 0 Å². The summed E-state index contributed by atoms with van der Waals surface area (Å²) in [5.74, 6) is 1.94. The van der Waals surface area contributed by atoms with Gasteiger partial charge in [-0.3, -0.25) is 0 Å². The van der Waals surface area contributed by atoms with E-state index in [1.807, 2.05) is 36.4 Å². The minimum absolute atomic E-state index is 0.163. The van der Waals surface area contributed by atoms with Crippen molar-refractivity contribution in [3.8, 4) is 89.8 Å². The molecule has 3 nitrogen and oxygen atoms in total. The third-order valence-electron chi connectivity index (χ3n) is 12.8. The zero-order valence-electron chi connectivity index (χ0n) is 33.4. The van der Waals surface area contributed by atoms with Gasteiger partial charge < -0.3 is 0 Å². The summed E-state index contributed by atoms with van der Waals surface area (Å²) in [6.07, 6.45) is 6.45. The molecule has 0 saturated heterocycles.